The van der Waals surface area contributed by atoms with Crippen LogP contribution in [0.2, 0.25) is 0 Å². The molecule has 0 aromatic carbocycles. The molecule has 0 aliphatic carbocycles. The number of carbonyl (C=O) groups is 3. The first-order valence-electron chi connectivity index (χ1n) is 6.93. The molecule has 1 heterocycles. The molecule has 0 atom stereocenters. The van der Waals surface area contributed by atoms with Crippen LogP contribution in [0.25, 0.3) is 0 Å². The van der Waals surface area contributed by atoms with Gasteiger partial charge in [-0.25, -0.2) is 0 Å². The van der Waals surface area contributed by atoms with Gasteiger partial charge in [0, 0.05) is 11.6 Å². The minimum absolute atomic E-state index is 0.0198. The maximum Gasteiger partial charge on any atom is 0.316 e. The molecule has 0 radical (unpaired) electrons. The summed E-state index contributed by atoms with van der Waals surface area (Å²) in [6.45, 7) is 6.87. The molecule has 0 aliphatic rings. The summed E-state index contributed by atoms with van der Waals surface area (Å²) in [6, 6.07) is 1.59. The fourth-order valence-electron chi connectivity index (χ4n) is 1.47. The van der Waals surface area contributed by atoms with Gasteiger partial charge in [-0.1, -0.05) is 5.16 Å². The molecule has 0 saturated carbocycles. The number of thioether (sulfide) groups is 1. The van der Waals surface area contributed by atoms with Crippen LogP contribution in [0, 0.1) is 6.92 Å². The molecular formula is C14H21N3O5S. The number of nitrogens with one attached hydrogen (secondary N) is 2. The third kappa shape index (κ3) is 8.87. The van der Waals surface area contributed by atoms with Gasteiger partial charge < -0.3 is 19.9 Å². The fourth-order valence-corrected chi connectivity index (χ4v) is 2.08. The van der Waals surface area contributed by atoms with Crippen molar-refractivity contribution in [2.45, 2.75) is 33.2 Å². The fraction of sp³-hybridized carbons (Fsp3) is 0.571. The van der Waals surface area contributed by atoms with E-state index in [9.17, 15) is 14.4 Å². The summed E-state index contributed by atoms with van der Waals surface area (Å²) >= 11 is 1.08. The summed E-state index contributed by atoms with van der Waals surface area (Å²) in [6.07, 6.45) is 0. The van der Waals surface area contributed by atoms with Gasteiger partial charge in [-0.2, -0.15) is 0 Å². The highest BCUT2D eigenvalue weighted by Crippen LogP contribution is 2.08. The third-order valence-corrected chi connectivity index (χ3v) is 3.13. The first kappa shape index (κ1) is 19.0. The topological polar surface area (TPSA) is 111 Å². The predicted molar refractivity (Wildman–Crippen MR) is 86.0 cm³/mol. The number of rotatable bonds is 7. The molecule has 1 rings (SSSR count). The number of ether oxygens (including phenoxy) is 1. The second-order valence-electron chi connectivity index (χ2n) is 5.82. The average molecular weight is 343 g/mol. The van der Waals surface area contributed by atoms with Crippen LogP contribution >= 0.6 is 11.8 Å². The Balaban J connectivity index is 2.16. The maximum absolute atomic E-state index is 11.6. The van der Waals surface area contributed by atoms with Gasteiger partial charge in [-0.3, -0.25) is 14.4 Å². The Morgan fingerprint density at radius 1 is 1.26 bits per heavy atom. The number of hydrogen-bond acceptors (Lipinski definition) is 7. The highest BCUT2D eigenvalue weighted by atomic mass is 32.2. The Morgan fingerprint density at radius 2 is 1.96 bits per heavy atom. The van der Waals surface area contributed by atoms with Crippen molar-refractivity contribution in [2.75, 3.05) is 23.4 Å². The van der Waals surface area contributed by atoms with Crippen LogP contribution in [0.1, 0.15) is 26.5 Å². The first-order chi connectivity index (χ1) is 10.7. The molecule has 128 valence electrons. The summed E-state index contributed by atoms with van der Waals surface area (Å²) in [5, 5.41) is 8.83. The molecule has 1 aromatic rings. The lowest BCUT2D eigenvalue weighted by Gasteiger charge is -2.20. The zero-order valence-corrected chi connectivity index (χ0v) is 14.4. The Labute approximate surface area is 138 Å². The van der Waals surface area contributed by atoms with Crippen molar-refractivity contribution in [3.05, 3.63) is 11.8 Å². The number of carbonyl (C=O) groups excluding carboxylic acids is 3. The van der Waals surface area contributed by atoms with Gasteiger partial charge in [0.15, 0.2) is 12.4 Å². The minimum Gasteiger partial charge on any atom is -0.455 e. The second kappa shape index (κ2) is 8.56. The van der Waals surface area contributed by atoms with Gasteiger partial charge in [0.05, 0.1) is 11.5 Å². The molecule has 0 aliphatic heterocycles. The predicted octanol–water partition coefficient (Wildman–Crippen LogP) is 1.11. The lowest BCUT2D eigenvalue weighted by molar-refractivity contribution is -0.146. The van der Waals surface area contributed by atoms with Crippen LogP contribution in [0.15, 0.2) is 10.6 Å². The second-order valence-corrected chi connectivity index (χ2v) is 6.81. The summed E-state index contributed by atoms with van der Waals surface area (Å²) in [7, 11) is 0. The Kier molecular flexibility index (Phi) is 7.08. The normalized spacial score (nSPS) is 11.0. The Morgan fingerprint density at radius 3 is 2.52 bits per heavy atom. The summed E-state index contributed by atoms with van der Waals surface area (Å²) in [4.78, 5) is 34.5. The Bertz CT molecular complexity index is 565. The molecule has 2 amide bonds. The van der Waals surface area contributed by atoms with Crippen LogP contribution in [0.5, 0.6) is 0 Å². The number of amides is 2. The number of aromatic nitrogens is 1. The van der Waals surface area contributed by atoms with E-state index >= 15 is 0 Å². The monoisotopic (exact) mass is 343 g/mol. The molecule has 8 nitrogen and oxygen atoms in total. The molecule has 0 fully saturated rings. The van der Waals surface area contributed by atoms with Crippen LogP contribution < -0.4 is 10.6 Å². The van der Waals surface area contributed by atoms with Crippen LogP contribution in [0.4, 0.5) is 5.82 Å². The van der Waals surface area contributed by atoms with Crippen LogP contribution in [-0.2, 0) is 19.1 Å². The van der Waals surface area contributed by atoms with E-state index in [1.54, 1.807) is 13.0 Å². The van der Waals surface area contributed by atoms with E-state index < -0.39 is 5.97 Å². The van der Waals surface area contributed by atoms with Crippen molar-refractivity contribution in [1.29, 1.82) is 0 Å². The third-order valence-electron chi connectivity index (χ3n) is 2.23. The molecule has 9 heteroatoms. The van der Waals surface area contributed by atoms with E-state index in [0.29, 0.717) is 11.6 Å². The molecule has 2 N–H and O–H groups in total. The number of esters is 1. The number of nitrogens with zero attached hydrogens (tertiary/aromatic N) is 1. The number of hydrogen-bond donors (Lipinski definition) is 2. The zero-order valence-electron chi connectivity index (χ0n) is 13.6. The summed E-state index contributed by atoms with van der Waals surface area (Å²) in [5.41, 5.74) is -0.379. The van der Waals surface area contributed by atoms with Crippen LogP contribution in [0.3, 0.4) is 0 Å². The van der Waals surface area contributed by atoms with E-state index in [-0.39, 0.29) is 35.5 Å². The molecule has 0 saturated heterocycles. The van der Waals surface area contributed by atoms with E-state index in [1.807, 2.05) is 20.8 Å². The summed E-state index contributed by atoms with van der Waals surface area (Å²) in [5.74, 6) is -0.260. The smallest absolute Gasteiger partial charge is 0.316 e. The van der Waals surface area contributed by atoms with Crippen molar-refractivity contribution in [1.82, 2.24) is 10.5 Å². The van der Waals surface area contributed by atoms with Gasteiger partial charge in [0.25, 0.3) is 5.91 Å². The van der Waals surface area contributed by atoms with Gasteiger partial charge >= 0.3 is 5.97 Å². The van der Waals surface area contributed by atoms with Gasteiger partial charge in [-0.05, 0) is 27.7 Å². The van der Waals surface area contributed by atoms with Crippen molar-refractivity contribution >= 4 is 35.4 Å². The number of aryl methyl sites for hydroxylation is 1. The largest absolute Gasteiger partial charge is 0.455 e. The molecule has 0 bridgehead atoms. The van der Waals surface area contributed by atoms with Gasteiger partial charge in [0.2, 0.25) is 5.91 Å². The molecule has 0 unspecified atom stereocenters. The van der Waals surface area contributed by atoms with E-state index in [0.717, 1.165) is 11.8 Å². The lowest BCUT2D eigenvalue weighted by Crippen LogP contribution is -2.42. The maximum atomic E-state index is 11.6. The van der Waals surface area contributed by atoms with Crippen molar-refractivity contribution < 1.29 is 23.6 Å². The van der Waals surface area contributed by atoms with Crippen molar-refractivity contribution in [2.24, 2.45) is 0 Å². The van der Waals surface area contributed by atoms with E-state index in [2.05, 4.69) is 15.8 Å². The van der Waals surface area contributed by atoms with Gasteiger partial charge in [-0.15, -0.1) is 11.8 Å². The first-order valence-corrected chi connectivity index (χ1v) is 8.09. The van der Waals surface area contributed by atoms with Crippen molar-refractivity contribution in [3.63, 3.8) is 0 Å². The van der Waals surface area contributed by atoms with Gasteiger partial charge in [0.1, 0.15) is 5.76 Å². The molecule has 23 heavy (non-hydrogen) atoms. The molecule has 1 aromatic heterocycles. The zero-order chi connectivity index (χ0) is 17.5. The highest BCUT2D eigenvalue weighted by Gasteiger charge is 2.15. The lowest BCUT2D eigenvalue weighted by atomic mass is 10.1. The quantitative estimate of drug-likeness (QED) is 0.714. The minimum atomic E-state index is -0.552. The highest BCUT2D eigenvalue weighted by molar-refractivity contribution is 8.00. The van der Waals surface area contributed by atoms with Crippen LogP contribution in [-0.4, -0.2) is 46.6 Å². The van der Waals surface area contributed by atoms with E-state index in [1.165, 1.54) is 0 Å². The van der Waals surface area contributed by atoms with Crippen molar-refractivity contribution in [3.8, 4) is 0 Å². The SMILES string of the molecule is Cc1cc(NC(=O)CSCC(=O)OCC(=O)NC(C)(C)C)no1. The summed E-state index contributed by atoms with van der Waals surface area (Å²) < 4.78 is 9.64. The average Bonchev–Trinajstić information content (AvgIpc) is 2.79. The molecular weight excluding hydrogens is 322 g/mol. The molecule has 0 spiro atoms. The Hall–Kier alpha value is -2.03. The standard InChI is InChI=1S/C14H21N3O5S/c1-9-5-10(17-22-9)15-12(19)7-23-8-13(20)21-6-11(18)16-14(2,3)4/h5H,6-8H2,1-4H3,(H,16,18)(H,15,17,19). The number of anilines is 1. The van der Waals surface area contributed by atoms with E-state index in [4.69, 9.17) is 9.26 Å².